The third kappa shape index (κ3) is 3.89. The molecule has 0 aliphatic rings. The molecular weight excluding hydrogens is 278 g/mol. The zero-order valence-electron chi connectivity index (χ0n) is 9.84. The zero-order chi connectivity index (χ0) is 13.8. The summed E-state index contributed by atoms with van der Waals surface area (Å²) in [6.07, 6.45) is -0.248. The Morgan fingerprint density at radius 2 is 1.89 bits per heavy atom. The standard InChI is InChI=1S/C11H14ClNO4S/c1-2-18(16,17)13(8-7-11(14)15)10-5-3-9(12)4-6-10/h3-6H,2,7-8H2,1H3,(H,14,15). The largest absolute Gasteiger partial charge is 0.481 e. The highest BCUT2D eigenvalue weighted by Gasteiger charge is 2.21. The molecule has 1 rings (SSSR count). The van der Waals surface area contributed by atoms with E-state index in [9.17, 15) is 13.2 Å². The molecule has 0 saturated heterocycles. The lowest BCUT2D eigenvalue weighted by atomic mass is 10.3. The first-order valence-electron chi connectivity index (χ1n) is 5.34. The van der Waals surface area contributed by atoms with Crippen molar-refractivity contribution in [1.82, 2.24) is 0 Å². The van der Waals surface area contributed by atoms with Crippen LogP contribution in [-0.4, -0.2) is 31.8 Å². The molecule has 0 spiro atoms. The molecule has 0 atom stereocenters. The molecule has 0 fully saturated rings. The molecule has 0 aliphatic carbocycles. The van der Waals surface area contributed by atoms with Crippen LogP contribution in [0.3, 0.4) is 0 Å². The highest BCUT2D eigenvalue weighted by Crippen LogP contribution is 2.21. The zero-order valence-corrected chi connectivity index (χ0v) is 11.4. The average molecular weight is 292 g/mol. The van der Waals surface area contributed by atoms with Gasteiger partial charge in [-0.05, 0) is 31.2 Å². The molecule has 5 nitrogen and oxygen atoms in total. The van der Waals surface area contributed by atoms with Crippen LogP contribution in [-0.2, 0) is 14.8 Å². The first kappa shape index (κ1) is 14.8. The van der Waals surface area contributed by atoms with Crippen LogP contribution < -0.4 is 4.31 Å². The molecule has 7 heteroatoms. The molecule has 100 valence electrons. The first-order valence-corrected chi connectivity index (χ1v) is 7.33. The SMILES string of the molecule is CCS(=O)(=O)N(CCC(=O)O)c1ccc(Cl)cc1. The van der Waals surface area contributed by atoms with Gasteiger partial charge in [0.05, 0.1) is 17.9 Å². The fourth-order valence-electron chi connectivity index (χ4n) is 1.39. The van der Waals surface area contributed by atoms with Crippen molar-refractivity contribution in [2.45, 2.75) is 13.3 Å². The summed E-state index contributed by atoms with van der Waals surface area (Å²) < 4.78 is 24.9. The number of sulfonamides is 1. The van der Waals surface area contributed by atoms with Gasteiger partial charge in [0.1, 0.15) is 0 Å². The fraction of sp³-hybridized carbons (Fsp3) is 0.364. The van der Waals surface area contributed by atoms with E-state index < -0.39 is 16.0 Å². The maximum Gasteiger partial charge on any atom is 0.305 e. The van der Waals surface area contributed by atoms with Crippen molar-refractivity contribution < 1.29 is 18.3 Å². The van der Waals surface area contributed by atoms with Crippen molar-refractivity contribution in [3.8, 4) is 0 Å². The summed E-state index contributed by atoms with van der Waals surface area (Å²) in [5.74, 6) is -1.13. The molecule has 0 radical (unpaired) electrons. The summed E-state index contributed by atoms with van der Waals surface area (Å²) in [6.45, 7) is 1.42. The van der Waals surface area contributed by atoms with Gasteiger partial charge in [-0.1, -0.05) is 11.6 Å². The molecule has 18 heavy (non-hydrogen) atoms. The Labute approximate surface area is 111 Å². The molecule has 1 N–H and O–H groups in total. The Balaban J connectivity index is 3.04. The van der Waals surface area contributed by atoms with E-state index in [0.717, 1.165) is 4.31 Å². The van der Waals surface area contributed by atoms with Crippen LogP contribution in [0.2, 0.25) is 5.02 Å². The van der Waals surface area contributed by atoms with Crippen molar-refractivity contribution >= 4 is 33.3 Å². The van der Waals surface area contributed by atoms with Crippen LogP contribution in [0, 0.1) is 0 Å². The van der Waals surface area contributed by atoms with Crippen LogP contribution in [0.5, 0.6) is 0 Å². The molecule has 1 aromatic rings. The van der Waals surface area contributed by atoms with Crippen molar-refractivity contribution in [3.05, 3.63) is 29.3 Å². The van der Waals surface area contributed by atoms with E-state index in [-0.39, 0.29) is 18.7 Å². The van der Waals surface area contributed by atoms with Gasteiger partial charge in [0.25, 0.3) is 0 Å². The van der Waals surface area contributed by atoms with Gasteiger partial charge in [-0.15, -0.1) is 0 Å². The predicted octanol–water partition coefficient (Wildman–Crippen LogP) is 1.97. The van der Waals surface area contributed by atoms with E-state index in [4.69, 9.17) is 16.7 Å². The topological polar surface area (TPSA) is 74.7 Å². The van der Waals surface area contributed by atoms with Crippen LogP contribution >= 0.6 is 11.6 Å². The molecule has 0 saturated carbocycles. The van der Waals surface area contributed by atoms with Gasteiger partial charge in [-0.25, -0.2) is 8.42 Å². The maximum absolute atomic E-state index is 11.9. The molecular formula is C11H14ClNO4S. The third-order valence-electron chi connectivity index (χ3n) is 2.34. The average Bonchev–Trinajstić information content (AvgIpc) is 2.31. The summed E-state index contributed by atoms with van der Waals surface area (Å²) in [7, 11) is -3.49. The Morgan fingerprint density at radius 1 is 1.33 bits per heavy atom. The summed E-state index contributed by atoms with van der Waals surface area (Å²) in [6, 6.07) is 6.24. The van der Waals surface area contributed by atoms with Gasteiger partial charge in [-0.3, -0.25) is 9.10 Å². The molecule has 0 aromatic heterocycles. The number of halogens is 1. The lowest BCUT2D eigenvalue weighted by Crippen LogP contribution is -2.34. The van der Waals surface area contributed by atoms with E-state index in [2.05, 4.69) is 0 Å². The normalized spacial score (nSPS) is 11.2. The minimum atomic E-state index is -3.49. The second kappa shape index (κ2) is 6.06. The van der Waals surface area contributed by atoms with Gasteiger partial charge in [0.15, 0.2) is 0 Å². The van der Waals surface area contributed by atoms with Gasteiger partial charge in [0.2, 0.25) is 10.0 Å². The number of aliphatic carboxylic acids is 1. The summed E-state index contributed by atoms with van der Waals surface area (Å²) in [4.78, 5) is 10.6. The second-order valence-electron chi connectivity index (χ2n) is 3.59. The maximum atomic E-state index is 11.9. The van der Waals surface area contributed by atoms with Crippen molar-refractivity contribution in [2.24, 2.45) is 0 Å². The Kier molecular flexibility index (Phi) is 4.98. The number of hydrogen-bond acceptors (Lipinski definition) is 3. The quantitative estimate of drug-likeness (QED) is 0.869. The van der Waals surface area contributed by atoms with Crippen LogP contribution in [0.4, 0.5) is 5.69 Å². The molecule has 0 aliphatic heterocycles. The van der Waals surface area contributed by atoms with Crippen molar-refractivity contribution in [2.75, 3.05) is 16.6 Å². The highest BCUT2D eigenvalue weighted by molar-refractivity contribution is 7.92. The van der Waals surface area contributed by atoms with Crippen molar-refractivity contribution in [1.29, 1.82) is 0 Å². The summed E-state index contributed by atoms with van der Waals surface area (Å²) in [5.41, 5.74) is 0.419. The molecule has 0 amide bonds. The van der Waals surface area contributed by atoms with E-state index >= 15 is 0 Å². The lowest BCUT2D eigenvalue weighted by molar-refractivity contribution is -0.136. The Morgan fingerprint density at radius 3 is 2.33 bits per heavy atom. The monoisotopic (exact) mass is 291 g/mol. The van der Waals surface area contributed by atoms with E-state index in [0.29, 0.717) is 10.7 Å². The number of rotatable bonds is 6. The van der Waals surface area contributed by atoms with Crippen LogP contribution in [0.15, 0.2) is 24.3 Å². The predicted molar refractivity (Wildman–Crippen MR) is 70.5 cm³/mol. The van der Waals surface area contributed by atoms with Gasteiger partial charge in [0, 0.05) is 11.6 Å². The summed E-state index contributed by atoms with van der Waals surface area (Å²) in [5, 5.41) is 9.14. The number of nitrogens with zero attached hydrogens (tertiary/aromatic N) is 1. The van der Waals surface area contributed by atoms with Crippen LogP contribution in [0.25, 0.3) is 0 Å². The number of carboxylic acids is 1. The number of carboxylic acid groups (broad SMARTS) is 1. The number of hydrogen-bond donors (Lipinski definition) is 1. The number of carbonyl (C=O) groups is 1. The molecule has 1 aromatic carbocycles. The number of benzene rings is 1. The third-order valence-corrected chi connectivity index (χ3v) is 4.39. The molecule has 0 heterocycles. The van der Waals surface area contributed by atoms with Gasteiger partial charge in [-0.2, -0.15) is 0 Å². The van der Waals surface area contributed by atoms with Gasteiger partial charge < -0.3 is 5.11 Å². The number of anilines is 1. The Hall–Kier alpha value is -1.27. The highest BCUT2D eigenvalue weighted by atomic mass is 35.5. The van der Waals surface area contributed by atoms with E-state index in [1.807, 2.05) is 0 Å². The van der Waals surface area contributed by atoms with E-state index in [1.165, 1.54) is 6.92 Å². The van der Waals surface area contributed by atoms with Crippen LogP contribution in [0.1, 0.15) is 13.3 Å². The fourth-order valence-corrected chi connectivity index (χ4v) is 2.64. The molecule has 0 bridgehead atoms. The van der Waals surface area contributed by atoms with E-state index in [1.54, 1.807) is 24.3 Å². The lowest BCUT2D eigenvalue weighted by Gasteiger charge is -2.23. The minimum absolute atomic E-state index is 0.0881. The first-order chi connectivity index (χ1) is 8.36. The Bertz CT molecular complexity index is 512. The smallest absolute Gasteiger partial charge is 0.305 e. The minimum Gasteiger partial charge on any atom is -0.481 e. The van der Waals surface area contributed by atoms with Gasteiger partial charge >= 0.3 is 5.97 Å². The summed E-state index contributed by atoms with van der Waals surface area (Å²) >= 11 is 5.73. The second-order valence-corrected chi connectivity index (χ2v) is 6.21. The van der Waals surface area contributed by atoms with Crippen molar-refractivity contribution in [3.63, 3.8) is 0 Å². The molecule has 0 unspecified atom stereocenters.